The minimum absolute atomic E-state index is 0.00957. The number of nitrogens with zero attached hydrogens (tertiary/aromatic N) is 3. The van der Waals surface area contributed by atoms with E-state index in [4.69, 9.17) is 0 Å². The first-order valence-corrected chi connectivity index (χ1v) is 10.9. The molecule has 28 heavy (non-hydrogen) atoms. The molecule has 2 amide bonds. The summed E-state index contributed by atoms with van der Waals surface area (Å²) < 4.78 is 0. The average Bonchev–Trinajstić information content (AvgIpc) is 3.44. The van der Waals surface area contributed by atoms with Crippen LogP contribution in [0.2, 0.25) is 0 Å². The van der Waals surface area contributed by atoms with Crippen molar-refractivity contribution in [2.24, 2.45) is 28.7 Å². The van der Waals surface area contributed by atoms with Crippen LogP contribution in [0.5, 0.6) is 0 Å². The van der Waals surface area contributed by atoms with Crippen LogP contribution < -0.4 is 10.6 Å². The minimum atomic E-state index is -0.116. The number of hydrogen-bond donors (Lipinski definition) is 2. The molecule has 8 heteroatoms. The number of aromatic nitrogens is 1. The van der Waals surface area contributed by atoms with Crippen molar-refractivity contribution in [3.05, 3.63) is 28.2 Å². The topological polar surface area (TPSA) is 86.7 Å². The summed E-state index contributed by atoms with van der Waals surface area (Å²) in [6, 6.07) is 0. The quantitative estimate of drug-likeness (QED) is 0.237. The van der Waals surface area contributed by atoms with E-state index in [9.17, 15) is 9.59 Å². The molecule has 2 bridgehead atoms. The van der Waals surface area contributed by atoms with E-state index in [2.05, 4.69) is 38.1 Å². The summed E-state index contributed by atoms with van der Waals surface area (Å²) in [6.07, 6.45) is 7.12. The fraction of sp³-hybridized carbons (Fsp3) is 0.600. The first-order valence-electron chi connectivity index (χ1n) is 9.97. The molecular weight excluding hydrogens is 374 g/mol. The Morgan fingerprint density at radius 3 is 2.50 bits per heavy atom. The van der Waals surface area contributed by atoms with Crippen LogP contribution in [-0.4, -0.2) is 54.3 Å². The van der Waals surface area contributed by atoms with Crippen LogP contribution in [-0.2, 0) is 16.0 Å². The molecule has 2 fully saturated rings. The Bertz CT molecular complexity index is 787. The number of amides is 2. The molecule has 4 atom stereocenters. The summed E-state index contributed by atoms with van der Waals surface area (Å²) in [7, 11) is 1.72. The number of fused-ring (bicyclic) bond motifs is 5. The molecule has 0 aromatic carbocycles. The van der Waals surface area contributed by atoms with E-state index < -0.39 is 0 Å². The van der Waals surface area contributed by atoms with Gasteiger partial charge in [0.1, 0.15) is 0 Å². The fourth-order valence-electron chi connectivity index (χ4n) is 4.66. The SMILES string of the molecule is CN=C(NCCCc1nc(C)cs1)NCCN1C(=O)C2C3C=CC(C3)C2C1=O. The molecule has 2 N–H and O–H groups in total. The van der Waals surface area contributed by atoms with Crippen molar-refractivity contribution in [2.75, 3.05) is 26.7 Å². The molecule has 7 nitrogen and oxygen atoms in total. The van der Waals surface area contributed by atoms with Crippen molar-refractivity contribution in [2.45, 2.75) is 26.2 Å². The van der Waals surface area contributed by atoms with Crippen LogP contribution >= 0.6 is 11.3 Å². The maximum absolute atomic E-state index is 12.7. The van der Waals surface area contributed by atoms with Gasteiger partial charge >= 0.3 is 0 Å². The van der Waals surface area contributed by atoms with Gasteiger partial charge in [-0.15, -0.1) is 11.3 Å². The number of carbonyl (C=O) groups is 2. The molecule has 2 heterocycles. The summed E-state index contributed by atoms with van der Waals surface area (Å²) in [6.45, 7) is 3.70. The monoisotopic (exact) mass is 401 g/mol. The highest BCUT2D eigenvalue weighted by molar-refractivity contribution is 7.09. The molecule has 0 spiro atoms. The lowest BCUT2D eigenvalue weighted by atomic mass is 9.85. The van der Waals surface area contributed by atoms with Crippen molar-refractivity contribution in [3.8, 4) is 0 Å². The number of guanidine groups is 1. The molecule has 3 aliphatic rings. The molecular formula is C20H27N5O2S. The maximum atomic E-state index is 12.7. The van der Waals surface area contributed by atoms with E-state index in [1.807, 2.05) is 6.92 Å². The average molecular weight is 402 g/mol. The number of hydrogen-bond acceptors (Lipinski definition) is 5. The fourth-order valence-corrected chi connectivity index (χ4v) is 5.47. The second-order valence-corrected chi connectivity index (χ2v) is 8.68. The van der Waals surface area contributed by atoms with Gasteiger partial charge in [0.05, 0.1) is 16.8 Å². The maximum Gasteiger partial charge on any atom is 0.233 e. The molecule has 0 radical (unpaired) electrons. The smallest absolute Gasteiger partial charge is 0.233 e. The van der Waals surface area contributed by atoms with Gasteiger partial charge in [-0.2, -0.15) is 0 Å². The third-order valence-corrected chi connectivity index (χ3v) is 6.97. The second-order valence-electron chi connectivity index (χ2n) is 7.74. The van der Waals surface area contributed by atoms with Crippen molar-refractivity contribution < 1.29 is 9.59 Å². The third-order valence-electron chi connectivity index (χ3n) is 5.94. The Labute approximate surface area is 169 Å². The molecule has 150 valence electrons. The highest BCUT2D eigenvalue weighted by Crippen LogP contribution is 2.52. The molecule has 1 aliphatic heterocycles. The van der Waals surface area contributed by atoms with Crippen LogP contribution in [0.25, 0.3) is 0 Å². The second kappa shape index (κ2) is 8.03. The van der Waals surface area contributed by atoms with E-state index in [0.717, 1.165) is 36.5 Å². The summed E-state index contributed by atoms with van der Waals surface area (Å²) in [5.41, 5.74) is 1.07. The van der Waals surface area contributed by atoms with Gasteiger partial charge in [0.25, 0.3) is 0 Å². The molecule has 4 rings (SSSR count). The lowest BCUT2D eigenvalue weighted by Gasteiger charge is -2.18. The van der Waals surface area contributed by atoms with Crippen LogP contribution in [0.1, 0.15) is 23.5 Å². The standard InChI is InChI=1S/C20H27N5O2S/c1-12-11-28-15(24-12)4-3-7-22-20(21-2)23-8-9-25-18(26)16-13-5-6-14(10-13)17(16)19(25)27/h5-6,11,13-14,16-17H,3-4,7-10H2,1-2H3,(H2,21,22,23). The largest absolute Gasteiger partial charge is 0.356 e. The number of carbonyl (C=O) groups excluding carboxylic acids is 2. The van der Waals surface area contributed by atoms with Crippen LogP contribution in [0.15, 0.2) is 22.5 Å². The van der Waals surface area contributed by atoms with Gasteiger partial charge < -0.3 is 10.6 Å². The summed E-state index contributed by atoms with van der Waals surface area (Å²) in [4.78, 5) is 35.5. The zero-order valence-electron chi connectivity index (χ0n) is 16.4. The number of likely N-dealkylation sites (tertiary alicyclic amines) is 1. The van der Waals surface area contributed by atoms with Gasteiger partial charge in [0, 0.05) is 44.2 Å². The first-order chi connectivity index (χ1) is 13.6. The molecule has 1 saturated heterocycles. The van der Waals surface area contributed by atoms with Gasteiger partial charge in [0.2, 0.25) is 11.8 Å². The van der Waals surface area contributed by atoms with Gasteiger partial charge in [-0.25, -0.2) is 4.98 Å². The number of imide groups is 1. The highest BCUT2D eigenvalue weighted by Gasteiger charge is 2.58. The predicted molar refractivity (Wildman–Crippen MR) is 109 cm³/mol. The summed E-state index contributed by atoms with van der Waals surface area (Å²) in [5, 5.41) is 9.71. The Balaban J connectivity index is 1.19. The number of aliphatic imine (C=N–C) groups is 1. The number of allylic oxidation sites excluding steroid dienone is 2. The molecule has 1 aromatic heterocycles. The Morgan fingerprint density at radius 2 is 1.89 bits per heavy atom. The Hall–Kier alpha value is -2.22. The van der Waals surface area contributed by atoms with Gasteiger partial charge in [-0.05, 0) is 31.6 Å². The first kappa shape index (κ1) is 19.1. The van der Waals surface area contributed by atoms with Gasteiger partial charge in [0.15, 0.2) is 5.96 Å². The van der Waals surface area contributed by atoms with E-state index in [-0.39, 0.29) is 35.5 Å². The number of thiazole rings is 1. The van der Waals surface area contributed by atoms with Crippen LogP contribution in [0.3, 0.4) is 0 Å². The van der Waals surface area contributed by atoms with E-state index in [1.165, 1.54) is 4.90 Å². The summed E-state index contributed by atoms with van der Waals surface area (Å²) in [5.74, 6) is 1.01. The minimum Gasteiger partial charge on any atom is -0.356 e. The van der Waals surface area contributed by atoms with Gasteiger partial charge in [-0.1, -0.05) is 12.2 Å². The molecule has 1 aromatic rings. The number of nitrogens with one attached hydrogen (secondary N) is 2. The highest BCUT2D eigenvalue weighted by atomic mass is 32.1. The Morgan fingerprint density at radius 1 is 1.21 bits per heavy atom. The lowest BCUT2D eigenvalue weighted by molar-refractivity contribution is -0.140. The van der Waals surface area contributed by atoms with Crippen LogP contribution in [0, 0.1) is 30.6 Å². The van der Waals surface area contributed by atoms with Gasteiger partial charge in [-0.3, -0.25) is 19.5 Å². The number of aryl methyl sites for hydroxylation is 2. The van der Waals surface area contributed by atoms with E-state index in [1.54, 1.807) is 18.4 Å². The normalized spacial score (nSPS) is 28.4. The summed E-state index contributed by atoms with van der Waals surface area (Å²) >= 11 is 1.70. The van der Waals surface area contributed by atoms with Crippen molar-refractivity contribution in [1.82, 2.24) is 20.5 Å². The van der Waals surface area contributed by atoms with Crippen LogP contribution in [0.4, 0.5) is 0 Å². The van der Waals surface area contributed by atoms with Crippen molar-refractivity contribution >= 4 is 29.1 Å². The Kier molecular flexibility index (Phi) is 5.48. The predicted octanol–water partition coefficient (Wildman–Crippen LogP) is 1.36. The third kappa shape index (κ3) is 3.57. The number of rotatable bonds is 7. The molecule has 1 saturated carbocycles. The lowest BCUT2D eigenvalue weighted by Crippen LogP contribution is -2.44. The molecule has 4 unspecified atom stereocenters. The molecule has 2 aliphatic carbocycles. The van der Waals surface area contributed by atoms with E-state index in [0.29, 0.717) is 19.0 Å². The zero-order valence-corrected chi connectivity index (χ0v) is 17.2. The zero-order chi connectivity index (χ0) is 19.7. The van der Waals surface area contributed by atoms with Crippen molar-refractivity contribution in [1.29, 1.82) is 0 Å². The van der Waals surface area contributed by atoms with Crippen molar-refractivity contribution in [3.63, 3.8) is 0 Å². The van der Waals surface area contributed by atoms with E-state index >= 15 is 0 Å².